The lowest BCUT2D eigenvalue weighted by Gasteiger charge is -2.08. The minimum atomic E-state index is -0.247. The van der Waals surface area contributed by atoms with Crippen molar-refractivity contribution in [1.29, 1.82) is 0 Å². The number of amides is 1. The van der Waals surface area contributed by atoms with E-state index in [1.807, 2.05) is 0 Å². The van der Waals surface area contributed by atoms with Crippen LogP contribution < -0.4 is 14.8 Å². The molecule has 27 heavy (non-hydrogen) atoms. The van der Waals surface area contributed by atoms with Crippen LogP contribution in [-0.4, -0.2) is 25.9 Å². The summed E-state index contributed by atoms with van der Waals surface area (Å²) in [5.41, 5.74) is 2.21. The predicted molar refractivity (Wildman–Crippen MR) is 104 cm³/mol. The molecular weight excluding hydrogens is 342 g/mol. The van der Waals surface area contributed by atoms with Crippen molar-refractivity contribution in [3.8, 4) is 11.5 Å². The molecule has 1 amide bonds. The Morgan fingerprint density at radius 3 is 1.89 bits per heavy atom. The number of carbonyl (C=O) groups is 2. The third-order valence-electron chi connectivity index (χ3n) is 4.09. The summed E-state index contributed by atoms with van der Waals surface area (Å²) in [4.78, 5) is 24.9. The van der Waals surface area contributed by atoms with E-state index in [0.29, 0.717) is 33.9 Å². The number of carbonyl (C=O) groups excluding carboxylic acids is 2. The summed E-state index contributed by atoms with van der Waals surface area (Å²) in [5, 5.41) is 2.81. The number of anilines is 1. The molecule has 0 aliphatic heterocycles. The van der Waals surface area contributed by atoms with Gasteiger partial charge in [-0.05, 0) is 66.7 Å². The van der Waals surface area contributed by atoms with Crippen molar-refractivity contribution < 1.29 is 19.1 Å². The van der Waals surface area contributed by atoms with Crippen molar-refractivity contribution in [3.05, 3.63) is 89.5 Å². The first-order valence-corrected chi connectivity index (χ1v) is 8.35. The zero-order valence-electron chi connectivity index (χ0n) is 15.1. The van der Waals surface area contributed by atoms with Gasteiger partial charge in [-0.3, -0.25) is 9.59 Å². The van der Waals surface area contributed by atoms with E-state index in [1.165, 1.54) is 0 Å². The molecule has 0 spiro atoms. The summed E-state index contributed by atoms with van der Waals surface area (Å²) in [5.74, 6) is 0.969. The summed E-state index contributed by atoms with van der Waals surface area (Å²) < 4.78 is 10.2. The molecule has 0 saturated carbocycles. The van der Waals surface area contributed by atoms with Gasteiger partial charge in [0.2, 0.25) is 0 Å². The Morgan fingerprint density at radius 2 is 1.30 bits per heavy atom. The minimum Gasteiger partial charge on any atom is -0.497 e. The molecule has 0 heterocycles. The van der Waals surface area contributed by atoms with Crippen LogP contribution in [0.3, 0.4) is 0 Å². The van der Waals surface area contributed by atoms with Crippen LogP contribution >= 0.6 is 0 Å². The lowest BCUT2D eigenvalue weighted by atomic mass is 10.0. The van der Waals surface area contributed by atoms with Gasteiger partial charge in [0.05, 0.1) is 14.2 Å². The molecule has 0 aromatic heterocycles. The van der Waals surface area contributed by atoms with Gasteiger partial charge in [0.15, 0.2) is 5.78 Å². The standard InChI is InChI=1S/C22H19NO4/c1-26-19-12-8-16(9-13-19)21(24)15-6-10-18(11-7-15)23-22(25)17-4-3-5-20(14-17)27-2/h3-14H,1-2H3,(H,23,25). The summed E-state index contributed by atoms with van der Waals surface area (Å²) >= 11 is 0. The van der Waals surface area contributed by atoms with Crippen LogP contribution in [0, 0.1) is 0 Å². The van der Waals surface area contributed by atoms with Crippen molar-refractivity contribution in [2.45, 2.75) is 0 Å². The number of methoxy groups -OCH3 is 2. The molecule has 3 aromatic rings. The molecule has 3 aromatic carbocycles. The van der Waals surface area contributed by atoms with Gasteiger partial charge in [0, 0.05) is 22.4 Å². The summed E-state index contributed by atoms with van der Waals surface area (Å²) in [6.45, 7) is 0. The molecule has 0 saturated heterocycles. The SMILES string of the molecule is COc1ccc(C(=O)c2ccc(NC(=O)c3cccc(OC)c3)cc2)cc1. The topological polar surface area (TPSA) is 64.6 Å². The Labute approximate surface area is 157 Å². The zero-order valence-corrected chi connectivity index (χ0v) is 15.1. The van der Waals surface area contributed by atoms with Gasteiger partial charge < -0.3 is 14.8 Å². The maximum atomic E-state index is 12.5. The number of benzene rings is 3. The highest BCUT2D eigenvalue weighted by molar-refractivity contribution is 6.09. The molecule has 0 radical (unpaired) electrons. The molecule has 0 atom stereocenters. The van der Waals surface area contributed by atoms with Crippen LogP contribution in [0.2, 0.25) is 0 Å². The van der Waals surface area contributed by atoms with Crippen LogP contribution in [0.15, 0.2) is 72.8 Å². The summed E-state index contributed by atoms with van der Waals surface area (Å²) in [7, 11) is 3.13. The molecule has 1 N–H and O–H groups in total. The first kappa shape index (κ1) is 18.2. The van der Waals surface area contributed by atoms with Crippen molar-refractivity contribution in [3.63, 3.8) is 0 Å². The van der Waals surface area contributed by atoms with Gasteiger partial charge in [-0.2, -0.15) is 0 Å². The maximum absolute atomic E-state index is 12.5. The molecule has 0 aliphatic rings. The van der Waals surface area contributed by atoms with E-state index < -0.39 is 0 Å². The van der Waals surface area contributed by atoms with Crippen molar-refractivity contribution in [2.75, 3.05) is 19.5 Å². The van der Waals surface area contributed by atoms with Crippen LogP contribution in [0.4, 0.5) is 5.69 Å². The largest absolute Gasteiger partial charge is 0.497 e. The highest BCUT2D eigenvalue weighted by Crippen LogP contribution is 2.18. The molecule has 5 heteroatoms. The number of hydrogen-bond donors (Lipinski definition) is 1. The summed E-state index contributed by atoms with van der Waals surface area (Å²) in [6, 6.07) is 20.6. The highest BCUT2D eigenvalue weighted by Gasteiger charge is 2.11. The van der Waals surface area contributed by atoms with E-state index in [-0.39, 0.29) is 11.7 Å². The van der Waals surface area contributed by atoms with Gasteiger partial charge in [-0.1, -0.05) is 6.07 Å². The fraction of sp³-hybridized carbons (Fsp3) is 0.0909. The molecule has 136 valence electrons. The monoisotopic (exact) mass is 361 g/mol. The first-order chi connectivity index (χ1) is 13.1. The Bertz CT molecular complexity index is 947. The van der Waals surface area contributed by atoms with Gasteiger partial charge in [0.25, 0.3) is 5.91 Å². The van der Waals surface area contributed by atoms with Crippen LogP contribution in [0.25, 0.3) is 0 Å². The number of ketones is 1. The van der Waals surface area contributed by atoms with Gasteiger partial charge in [-0.15, -0.1) is 0 Å². The van der Waals surface area contributed by atoms with Crippen LogP contribution in [0.1, 0.15) is 26.3 Å². The number of rotatable bonds is 6. The normalized spacial score (nSPS) is 10.1. The highest BCUT2D eigenvalue weighted by atomic mass is 16.5. The molecule has 5 nitrogen and oxygen atoms in total. The third kappa shape index (κ3) is 4.33. The average molecular weight is 361 g/mol. The first-order valence-electron chi connectivity index (χ1n) is 8.35. The van der Waals surface area contributed by atoms with E-state index in [4.69, 9.17) is 9.47 Å². The minimum absolute atomic E-state index is 0.0941. The van der Waals surface area contributed by atoms with E-state index in [0.717, 1.165) is 0 Å². The molecule has 0 unspecified atom stereocenters. The van der Waals surface area contributed by atoms with E-state index in [2.05, 4.69) is 5.32 Å². The Morgan fingerprint density at radius 1 is 0.704 bits per heavy atom. The second kappa shape index (κ2) is 8.19. The second-order valence-electron chi connectivity index (χ2n) is 5.82. The van der Waals surface area contributed by atoms with Crippen LogP contribution in [-0.2, 0) is 0 Å². The molecule has 0 bridgehead atoms. The molecular formula is C22H19NO4. The molecule has 0 aliphatic carbocycles. The maximum Gasteiger partial charge on any atom is 0.255 e. The van der Waals surface area contributed by atoms with E-state index in [1.54, 1.807) is 87.0 Å². The third-order valence-corrected chi connectivity index (χ3v) is 4.09. The Hall–Kier alpha value is -3.60. The van der Waals surface area contributed by atoms with Gasteiger partial charge in [-0.25, -0.2) is 0 Å². The van der Waals surface area contributed by atoms with Crippen molar-refractivity contribution in [2.24, 2.45) is 0 Å². The zero-order chi connectivity index (χ0) is 19.2. The van der Waals surface area contributed by atoms with Crippen LogP contribution in [0.5, 0.6) is 11.5 Å². The predicted octanol–water partition coefficient (Wildman–Crippen LogP) is 4.19. The fourth-order valence-corrected chi connectivity index (χ4v) is 2.58. The van der Waals surface area contributed by atoms with Gasteiger partial charge >= 0.3 is 0 Å². The second-order valence-corrected chi connectivity index (χ2v) is 5.82. The Kier molecular flexibility index (Phi) is 5.52. The number of nitrogens with one attached hydrogen (secondary N) is 1. The lowest BCUT2D eigenvalue weighted by molar-refractivity contribution is 0.102. The average Bonchev–Trinajstić information content (AvgIpc) is 2.74. The molecule has 3 rings (SSSR count). The van der Waals surface area contributed by atoms with Gasteiger partial charge in [0.1, 0.15) is 11.5 Å². The van der Waals surface area contributed by atoms with Crippen molar-refractivity contribution in [1.82, 2.24) is 0 Å². The van der Waals surface area contributed by atoms with Crippen molar-refractivity contribution >= 4 is 17.4 Å². The fourth-order valence-electron chi connectivity index (χ4n) is 2.58. The quantitative estimate of drug-likeness (QED) is 0.669. The number of ether oxygens (including phenoxy) is 2. The summed E-state index contributed by atoms with van der Waals surface area (Å²) in [6.07, 6.45) is 0. The van der Waals surface area contributed by atoms with E-state index in [9.17, 15) is 9.59 Å². The lowest BCUT2D eigenvalue weighted by Crippen LogP contribution is -2.12. The Balaban J connectivity index is 1.70. The smallest absolute Gasteiger partial charge is 0.255 e. The number of hydrogen-bond acceptors (Lipinski definition) is 4. The molecule has 0 fully saturated rings. The van der Waals surface area contributed by atoms with E-state index >= 15 is 0 Å².